The lowest BCUT2D eigenvalue weighted by molar-refractivity contribution is -0.121. The van der Waals surface area contributed by atoms with Crippen LogP contribution in [-0.2, 0) is 11.3 Å². The monoisotopic (exact) mass is 288 g/mol. The molecule has 0 spiro atoms. The van der Waals surface area contributed by atoms with Gasteiger partial charge in [0.1, 0.15) is 5.82 Å². The highest BCUT2D eigenvalue weighted by Gasteiger charge is 2.13. The number of imidazole rings is 1. The predicted octanol–water partition coefficient (Wildman–Crippen LogP) is 1.98. The third-order valence-electron chi connectivity index (χ3n) is 3.50. The van der Waals surface area contributed by atoms with Gasteiger partial charge in [-0.1, -0.05) is 12.1 Å². The summed E-state index contributed by atoms with van der Waals surface area (Å²) in [4.78, 5) is 16.3. The van der Waals surface area contributed by atoms with Crippen LogP contribution >= 0.6 is 0 Å². The minimum atomic E-state index is -0.297. The number of hydrogen-bond acceptors (Lipinski definition) is 3. The second-order valence-electron chi connectivity index (χ2n) is 6.14. The van der Waals surface area contributed by atoms with Gasteiger partial charge in [-0.2, -0.15) is 0 Å². The van der Waals surface area contributed by atoms with Gasteiger partial charge >= 0.3 is 0 Å². The molecule has 2 aromatic rings. The Bertz CT molecular complexity index is 625. The van der Waals surface area contributed by atoms with Gasteiger partial charge in [0.15, 0.2) is 0 Å². The molecule has 0 aliphatic heterocycles. The standard InChI is InChI=1S/C16H24N4O/c1-12-19-13-6-4-5-7-14(13)20(12)11-10-18-15(21)8-9-16(2,3)17/h4-7H,8-11,17H2,1-3H3,(H,18,21). The fraction of sp³-hybridized carbons (Fsp3) is 0.500. The molecule has 0 saturated carbocycles. The van der Waals surface area contributed by atoms with Crippen molar-refractivity contribution in [2.24, 2.45) is 5.73 Å². The van der Waals surface area contributed by atoms with Crippen LogP contribution in [0.3, 0.4) is 0 Å². The van der Waals surface area contributed by atoms with Crippen LogP contribution in [0.1, 0.15) is 32.5 Å². The van der Waals surface area contributed by atoms with Crippen molar-refractivity contribution < 1.29 is 4.79 Å². The number of fused-ring (bicyclic) bond motifs is 1. The van der Waals surface area contributed by atoms with Crippen LogP contribution in [0.25, 0.3) is 11.0 Å². The van der Waals surface area contributed by atoms with Crippen LogP contribution in [0.15, 0.2) is 24.3 Å². The molecule has 0 unspecified atom stereocenters. The summed E-state index contributed by atoms with van der Waals surface area (Å²) < 4.78 is 2.13. The molecule has 0 aliphatic carbocycles. The molecule has 0 radical (unpaired) electrons. The SMILES string of the molecule is Cc1nc2ccccc2n1CCNC(=O)CCC(C)(C)N. The Morgan fingerprint density at radius 2 is 2.10 bits per heavy atom. The lowest BCUT2D eigenvalue weighted by atomic mass is 10.00. The molecule has 21 heavy (non-hydrogen) atoms. The maximum Gasteiger partial charge on any atom is 0.220 e. The van der Waals surface area contributed by atoms with Gasteiger partial charge in [0, 0.05) is 25.0 Å². The van der Waals surface area contributed by atoms with Crippen molar-refractivity contribution in [3.8, 4) is 0 Å². The number of rotatable bonds is 6. The average Bonchev–Trinajstić information content (AvgIpc) is 2.72. The Morgan fingerprint density at radius 3 is 2.81 bits per heavy atom. The summed E-state index contributed by atoms with van der Waals surface area (Å²) in [6.45, 7) is 7.18. The van der Waals surface area contributed by atoms with E-state index in [2.05, 4.69) is 14.9 Å². The molecule has 114 valence electrons. The van der Waals surface area contributed by atoms with E-state index in [-0.39, 0.29) is 11.4 Å². The molecule has 0 saturated heterocycles. The first kappa shape index (κ1) is 15.5. The second-order valence-corrected chi connectivity index (χ2v) is 6.14. The van der Waals surface area contributed by atoms with Crippen molar-refractivity contribution in [2.45, 2.75) is 45.7 Å². The highest BCUT2D eigenvalue weighted by molar-refractivity contribution is 5.76. The maximum atomic E-state index is 11.8. The van der Waals surface area contributed by atoms with Crippen molar-refractivity contribution in [1.82, 2.24) is 14.9 Å². The number of carbonyl (C=O) groups excluding carboxylic acids is 1. The minimum Gasteiger partial charge on any atom is -0.354 e. The van der Waals surface area contributed by atoms with Gasteiger partial charge in [0.2, 0.25) is 5.91 Å². The van der Waals surface area contributed by atoms with Crippen LogP contribution in [0.4, 0.5) is 0 Å². The first-order valence-electron chi connectivity index (χ1n) is 7.34. The topological polar surface area (TPSA) is 72.9 Å². The van der Waals surface area contributed by atoms with Gasteiger partial charge < -0.3 is 15.6 Å². The van der Waals surface area contributed by atoms with Crippen LogP contribution in [0.2, 0.25) is 0 Å². The summed E-state index contributed by atoms with van der Waals surface area (Å²) in [5.74, 6) is 1.02. The minimum absolute atomic E-state index is 0.0515. The second kappa shape index (κ2) is 6.26. The van der Waals surface area contributed by atoms with Gasteiger partial charge in [0.25, 0.3) is 0 Å². The number of nitrogens with two attached hydrogens (primary N) is 1. The molecule has 1 amide bonds. The van der Waals surface area contributed by atoms with E-state index in [1.807, 2.05) is 45.0 Å². The van der Waals surface area contributed by atoms with E-state index in [9.17, 15) is 4.79 Å². The number of nitrogens with one attached hydrogen (secondary N) is 1. The highest BCUT2D eigenvalue weighted by Crippen LogP contribution is 2.14. The van der Waals surface area contributed by atoms with Gasteiger partial charge in [-0.05, 0) is 39.3 Å². The molecule has 2 rings (SSSR count). The number of nitrogens with zero attached hydrogens (tertiary/aromatic N) is 2. The zero-order valence-corrected chi connectivity index (χ0v) is 13.0. The lowest BCUT2D eigenvalue weighted by Crippen LogP contribution is -2.35. The molecule has 3 N–H and O–H groups in total. The van der Waals surface area contributed by atoms with Gasteiger partial charge in [-0.25, -0.2) is 4.98 Å². The lowest BCUT2D eigenvalue weighted by Gasteiger charge is -2.17. The summed E-state index contributed by atoms with van der Waals surface area (Å²) in [6.07, 6.45) is 1.15. The summed E-state index contributed by atoms with van der Waals surface area (Å²) >= 11 is 0. The third kappa shape index (κ3) is 4.29. The fourth-order valence-corrected chi connectivity index (χ4v) is 2.31. The van der Waals surface area contributed by atoms with Gasteiger partial charge in [-0.3, -0.25) is 4.79 Å². The molecule has 0 aliphatic rings. The van der Waals surface area contributed by atoms with Gasteiger partial charge in [0.05, 0.1) is 11.0 Å². The Kier molecular flexibility index (Phi) is 4.63. The van der Waals surface area contributed by atoms with Gasteiger partial charge in [-0.15, -0.1) is 0 Å². The molecular weight excluding hydrogens is 264 g/mol. The van der Waals surface area contributed by atoms with Crippen molar-refractivity contribution in [3.63, 3.8) is 0 Å². The Labute approximate surface area is 125 Å². The Hall–Kier alpha value is -1.88. The first-order chi connectivity index (χ1) is 9.87. The van der Waals surface area contributed by atoms with E-state index in [1.165, 1.54) is 0 Å². The van der Waals surface area contributed by atoms with Crippen LogP contribution in [0.5, 0.6) is 0 Å². The number of aromatic nitrogens is 2. The molecule has 1 aromatic heterocycles. The molecule has 5 heteroatoms. The summed E-state index contributed by atoms with van der Waals surface area (Å²) in [5.41, 5.74) is 7.68. The molecule has 0 fully saturated rings. The summed E-state index contributed by atoms with van der Waals surface area (Å²) in [6, 6.07) is 8.03. The van der Waals surface area contributed by atoms with E-state index in [0.717, 1.165) is 23.4 Å². The zero-order chi connectivity index (χ0) is 15.5. The first-order valence-corrected chi connectivity index (χ1v) is 7.34. The average molecular weight is 288 g/mol. The van der Waals surface area contributed by atoms with E-state index in [0.29, 0.717) is 19.4 Å². The maximum absolute atomic E-state index is 11.8. The Morgan fingerprint density at radius 1 is 1.38 bits per heavy atom. The molecule has 1 aromatic carbocycles. The summed E-state index contributed by atoms with van der Waals surface area (Å²) in [7, 11) is 0. The van der Waals surface area contributed by atoms with E-state index in [4.69, 9.17) is 5.73 Å². The van der Waals surface area contributed by atoms with E-state index < -0.39 is 0 Å². The third-order valence-corrected chi connectivity index (χ3v) is 3.50. The predicted molar refractivity (Wildman–Crippen MR) is 85.0 cm³/mol. The number of aryl methyl sites for hydroxylation is 1. The fourth-order valence-electron chi connectivity index (χ4n) is 2.31. The van der Waals surface area contributed by atoms with Crippen LogP contribution in [-0.4, -0.2) is 27.5 Å². The van der Waals surface area contributed by atoms with E-state index in [1.54, 1.807) is 0 Å². The van der Waals surface area contributed by atoms with E-state index >= 15 is 0 Å². The number of benzene rings is 1. The molecule has 5 nitrogen and oxygen atoms in total. The highest BCUT2D eigenvalue weighted by atomic mass is 16.1. The smallest absolute Gasteiger partial charge is 0.220 e. The van der Waals surface area contributed by atoms with Crippen molar-refractivity contribution >= 4 is 16.9 Å². The van der Waals surface area contributed by atoms with Crippen molar-refractivity contribution in [3.05, 3.63) is 30.1 Å². The number of hydrogen-bond donors (Lipinski definition) is 2. The van der Waals surface area contributed by atoms with Crippen LogP contribution in [0, 0.1) is 6.92 Å². The van der Waals surface area contributed by atoms with Crippen LogP contribution < -0.4 is 11.1 Å². The Balaban J connectivity index is 1.88. The molecule has 1 heterocycles. The molecule has 0 atom stereocenters. The number of para-hydroxylation sites is 2. The summed E-state index contributed by atoms with van der Waals surface area (Å²) in [5, 5.41) is 2.94. The number of amides is 1. The van der Waals surface area contributed by atoms with Crippen molar-refractivity contribution in [2.75, 3.05) is 6.54 Å². The largest absolute Gasteiger partial charge is 0.354 e. The quantitative estimate of drug-likeness (QED) is 0.853. The number of carbonyl (C=O) groups is 1. The molecular formula is C16H24N4O. The normalized spacial score (nSPS) is 11.8. The molecule has 0 bridgehead atoms. The van der Waals surface area contributed by atoms with Crippen molar-refractivity contribution in [1.29, 1.82) is 0 Å². The zero-order valence-electron chi connectivity index (χ0n) is 13.0.